The summed E-state index contributed by atoms with van der Waals surface area (Å²) in [4.78, 5) is 20.5. The number of halogens is 2. The van der Waals surface area contributed by atoms with Gasteiger partial charge < -0.3 is 14.3 Å². The molecule has 0 saturated carbocycles. The molecule has 1 saturated heterocycles. The highest BCUT2D eigenvalue weighted by Gasteiger charge is 2.23. The molecule has 0 unspecified atom stereocenters. The number of aromatic nitrogens is 2. The molecule has 8 heteroatoms. The van der Waals surface area contributed by atoms with Crippen LogP contribution in [0.25, 0.3) is 11.5 Å². The fraction of sp³-hybridized carbons (Fsp3) is 0.286. The molecule has 4 rings (SSSR count). The summed E-state index contributed by atoms with van der Waals surface area (Å²) in [6, 6.07) is 10.9. The van der Waals surface area contributed by atoms with Crippen LogP contribution in [0.2, 0.25) is 0 Å². The first-order chi connectivity index (χ1) is 14.0. The van der Waals surface area contributed by atoms with Gasteiger partial charge >= 0.3 is 0 Å². The van der Waals surface area contributed by atoms with E-state index < -0.39 is 17.5 Å². The first kappa shape index (κ1) is 19.0. The molecule has 1 fully saturated rings. The molecule has 29 heavy (non-hydrogen) atoms. The second-order valence-electron chi connectivity index (χ2n) is 7.03. The van der Waals surface area contributed by atoms with E-state index in [1.807, 2.05) is 18.2 Å². The third-order valence-corrected chi connectivity index (χ3v) is 4.97. The number of nitrogens with zero attached hydrogens (tertiary/aromatic N) is 4. The van der Waals surface area contributed by atoms with E-state index in [4.69, 9.17) is 4.52 Å². The highest BCUT2D eigenvalue weighted by molar-refractivity contribution is 5.90. The zero-order valence-electron chi connectivity index (χ0n) is 15.9. The Kier molecular flexibility index (Phi) is 5.24. The molecule has 3 aromatic rings. The van der Waals surface area contributed by atoms with Crippen LogP contribution in [-0.4, -0.2) is 41.1 Å². The van der Waals surface area contributed by atoms with Gasteiger partial charge in [0.05, 0.1) is 5.56 Å². The third-order valence-electron chi connectivity index (χ3n) is 4.97. The van der Waals surface area contributed by atoms with Crippen molar-refractivity contribution < 1.29 is 18.1 Å². The number of benzene rings is 2. The second-order valence-corrected chi connectivity index (χ2v) is 7.03. The summed E-state index contributed by atoms with van der Waals surface area (Å²) < 4.78 is 32.3. The predicted molar refractivity (Wildman–Crippen MR) is 103 cm³/mol. The van der Waals surface area contributed by atoms with Crippen LogP contribution in [0.15, 0.2) is 47.0 Å². The zero-order valence-corrected chi connectivity index (χ0v) is 15.9. The molecule has 0 atom stereocenters. The van der Waals surface area contributed by atoms with E-state index in [9.17, 15) is 13.6 Å². The van der Waals surface area contributed by atoms with Gasteiger partial charge in [-0.1, -0.05) is 23.4 Å². The number of carbonyl (C=O) groups is 1. The first-order valence-electron chi connectivity index (χ1n) is 9.40. The number of rotatable bonds is 5. The Bertz CT molecular complexity index is 1030. The van der Waals surface area contributed by atoms with Gasteiger partial charge in [0.15, 0.2) is 0 Å². The van der Waals surface area contributed by atoms with Gasteiger partial charge in [-0.3, -0.25) is 4.79 Å². The fourth-order valence-corrected chi connectivity index (χ4v) is 3.49. The summed E-state index contributed by atoms with van der Waals surface area (Å²) in [5, 5.41) is 3.65. The molecule has 1 aliphatic heterocycles. The summed E-state index contributed by atoms with van der Waals surface area (Å²) in [5.74, 6) is -2.25. The quantitative estimate of drug-likeness (QED) is 0.653. The van der Waals surface area contributed by atoms with E-state index in [-0.39, 0.29) is 17.3 Å². The van der Waals surface area contributed by atoms with Crippen molar-refractivity contribution in [2.75, 3.05) is 25.0 Å². The van der Waals surface area contributed by atoms with Crippen molar-refractivity contribution in [1.29, 1.82) is 0 Å². The lowest BCUT2D eigenvalue weighted by molar-refractivity contribution is 0.0770. The number of anilines is 1. The van der Waals surface area contributed by atoms with Crippen molar-refractivity contribution in [3.8, 4) is 11.5 Å². The van der Waals surface area contributed by atoms with Crippen LogP contribution in [0.1, 0.15) is 29.0 Å². The Morgan fingerprint density at radius 2 is 1.93 bits per heavy atom. The van der Waals surface area contributed by atoms with Gasteiger partial charge in [0, 0.05) is 32.4 Å². The number of hydrogen-bond acceptors (Lipinski definition) is 5. The van der Waals surface area contributed by atoms with Crippen molar-refractivity contribution in [3.63, 3.8) is 0 Å². The highest BCUT2D eigenvalue weighted by atomic mass is 19.1. The maximum absolute atomic E-state index is 13.9. The smallest absolute Gasteiger partial charge is 0.295 e. The summed E-state index contributed by atoms with van der Waals surface area (Å²) in [5.41, 5.74) is 1.95. The molecule has 1 aliphatic rings. The van der Waals surface area contributed by atoms with E-state index in [1.165, 1.54) is 4.90 Å². The molecule has 1 amide bonds. The minimum atomic E-state index is -0.707. The Hall–Kier alpha value is -3.29. The van der Waals surface area contributed by atoms with E-state index in [0.717, 1.165) is 55.4 Å². The molecule has 0 bridgehead atoms. The van der Waals surface area contributed by atoms with Crippen LogP contribution in [0, 0.1) is 11.6 Å². The van der Waals surface area contributed by atoms with Crippen molar-refractivity contribution >= 4 is 11.6 Å². The molecule has 0 aliphatic carbocycles. The van der Waals surface area contributed by atoms with E-state index in [1.54, 1.807) is 7.05 Å². The molecule has 150 valence electrons. The summed E-state index contributed by atoms with van der Waals surface area (Å²) in [7, 11) is 1.64. The molecule has 2 heterocycles. The Morgan fingerprint density at radius 3 is 2.72 bits per heavy atom. The predicted octanol–water partition coefficient (Wildman–Crippen LogP) is 3.89. The van der Waals surface area contributed by atoms with E-state index in [2.05, 4.69) is 21.1 Å². The summed E-state index contributed by atoms with van der Waals surface area (Å²) >= 11 is 0. The largest absolute Gasteiger partial charge is 0.371 e. The Labute approximate surface area is 166 Å². The lowest BCUT2D eigenvalue weighted by Gasteiger charge is -2.24. The maximum Gasteiger partial charge on any atom is 0.295 e. The van der Waals surface area contributed by atoms with Crippen molar-refractivity contribution in [2.45, 2.75) is 19.4 Å². The minimum Gasteiger partial charge on any atom is -0.371 e. The molecule has 1 aromatic heterocycles. The van der Waals surface area contributed by atoms with Gasteiger partial charge in [0.2, 0.25) is 0 Å². The highest BCUT2D eigenvalue weighted by Crippen LogP contribution is 2.26. The van der Waals surface area contributed by atoms with Crippen LogP contribution in [0.5, 0.6) is 0 Å². The average molecular weight is 398 g/mol. The maximum atomic E-state index is 13.9. The van der Waals surface area contributed by atoms with Crippen molar-refractivity contribution in [3.05, 3.63) is 65.5 Å². The zero-order chi connectivity index (χ0) is 20.4. The molecule has 2 aromatic carbocycles. The van der Waals surface area contributed by atoms with Crippen molar-refractivity contribution in [1.82, 2.24) is 15.0 Å². The van der Waals surface area contributed by atoms with Crippen molar-refractivity contribution in [2.24, 2.45) is 0 Å². The van der Waals surface area contributed by atoms with Gasteiger partial charge in [-0.05, 0) is 42.7 Å². The Balaban J connectivity index is 1.52. The summed E-state index contributed by atoms with van der Waals surface area (Å²) in [6.07, 6.45) is 2.32. The standard InChI is InChI=1S/C21H20F2N4O2/c1-26(13-14-6-2-3-7-18(14)27-10-4-5-11-27)21(28)19-24-20(29-25-19)16-12-15(22)8-9-17(16)23/h2-3,6-9,12H,4-5,10-11,13H2,1H3. The van der Waals surface area contributed by atoms with Gasteiger partial charge in [0.1, 0.15) is 11.6 Å². The van der Waals surface area contributed by atoms with Crippen LogP contribution < -0.4 is 4.90 Å². The van der Waals surface area contributed by atoms with Gasteiger partial charge in [-0.2, -0.15) is 4.98 Å². The fourth-order valence-electron chi connectivity index (χ4n) is 3.49. The number of amides is 1. The number of carbonyl (C=O) groups excluding carboxylic acids is 1. The Morgan fingerprint density at radius 1 is 1.17 bits per heavy atom. The van der Waals surface area contributed by atoms with Crippen LogP contribution in [0.3, 0.4) is 0 Å². The second kappa shape index (κ2) is 7.98. The molecule has 0 N–H and O–H groups in total. The first-order valence-corrected chi connectivity index (χ1v) is 9.40. The van der Waals surface area contributed by atoms with Crippen LogP contribution in [-0.2, 0) is 6.54 Å². The van der Waals surface area contributed by atoms with Gasteiger partial charge in [0.25, 0.3) is 17.6 Å². The number of hydrogen-bond donors (Lipinski definition) is 0. The third kappa shape index (κ3) is 3.96. The molecule has 6 nitrogen and oxygen atoms in total. The minimum absolute atomic E-state index is 0.182. The lowest BCUT2D eigenvalue weighted by Crippen LogP contribution is -2.28. The molecular formula is C21H20F2N4O2. The van der Waals surface area contributed by atoms with E-state index in [0.29, 0.717) is 6.54 Å². The SMILES string of the molecule is CN(Cc1ccccc1N1CCCC1)C(=O)c1noc(-c2cc(F)ccc2F)n1. The van der Waals surface area contributed by atoms with Gasteiger partial charge in [-0.15, -0.1) is 0 Å². The monoisotopic (exact) mass is 398 g/mol. The van der Waals surface area contributed by atoms with Crippen LogP contribution in [0.4, 0.5) is 14.5 Å². The lowest BCUT2D eigenvalue weighted by atomic mass is 10.1. The molecule has 0 radical (unpaired) electrons. The van der Waals surface area contributed by atoms with Gasteiger partial charge in [-0.25, -0.2) is 8.78 Å². The normalized spacial score (nSPS) is 13.7. The number of para-hydroxylation sites is 1. The average Bonchev–Trinajstić information content (AvgIpc) is 3.42. The van der Waals surface area contributed by atoms with E-state index >= 15 is 0 Å². The molecule has 0 spiro atoms. The summed E-state index contributed by atoms with van der Waals surface area (Å²) in [6.45, 7) is 2.37. The van der Waals surface area contributed by atoms with Crippen LogP contribution >= 0.6 is 0 Å². The topological polar surface area (TPSA) is 62.5 Å². The molecular weight excluding hydrogens is 378 g/mol.